The molecule has 0 atom stereocenters. The summed E-state index contributed by atoms with van der Waals surface area (Å²) in [6, 6.07) is 6.33. The number of hydrogen-bond donors (Lipinski definition) is 1. The van der Waals surface area contributed by atoms with Gasteiger partial charge in [0.15, 0.2) is 0 Å². The molecule has 0 saturated carbocycles. The third kappa shape index (κ3) is 1.60. The van der Waals surface area contributed by atoms with Crippen molar-refractivity contribution in [3.63, 3.8) is 0 Å². The first-order valence-corrected chi connectivity index (χ1v) is 5.90. The maximum absolute atomic E-state index is 9.23. The Kier molecular flexibility index (Phi) is 2.58. The van der Waals surface area contributed by atoms with Crippen LogP contribution < -0.4 is 0 Å². The molecule has 1 aromatic carbocycles. The Balaban J connectivity index is 2.82. The lowest BCUT2D eigenvalue weighted by molar-refractivity contribution is 0.282. The molecule has 3 heteroatoms. The molecule has 0 unspecified atom stereocenters. The molecular weight excluding hydrogens is 295 g/mol. The first-order chi connectivity index (χ1) is 6.22. The van der Waals surface area contributed by atoms with Crippen LogP contribution in [-0.4, -0.2) is 5.11 Å². The van der Waals surface area contributed by atoms with Gasteiger partial charge in [-0.3, -0.25) is 0 Å². The predicted octanol–water partition coefficient (Wildman–Crippen LogP) is 3.31. The Labute approximate surface area is 94.5 Å². The summed E-state index contributed by atoms with van der Waals surface area (Å²) in [6.07, 6.45) is 0. The Bertz CT molecular complexity index is 447. The maximum Gasteiger partial charge on any atom is 0.0706 e. The smallest absolute Gasteiger partial charge is 0.0706 e. The van der Waals surface area contributed by atoms with Crippen molar-refractivity contribution in [3.8, 4) is 0 Å². The van der Waals surface area contributed by atoms with Gasteiger partial charge in [0, 0.05) is 18.7 Å². The van der Waals surface area contributed by atoms with E-state index in [1.54, 1.807) is 11.3 Å². The predicted molar refractivity (Wildman–Crippen MR) is 65.2 cm³/mol. The van der Waals surface area contributed by atoms with Gasteiger partial charge in [-0.25, -0.2) is 0 Å². The van der Waals surface area contributed by atoms with E-state index in [4.69, 9.17) is 0 Å². The molecule has 68 valence electrons. The zero-order valence-corrected chi connectivity index (χ0v) is 10.1. The molecule has 0 bridgehead atoms. The van der Waals surface area contributed by atoms with Gasteiger partial charge >= 0.3 is 0 Å². The second-order valence-electron chi connectivity index (χ2n) is 2.96. The van der Waals surface area contributed by atoms with Crippen LogP contribution in [0.25, 0.3) is 10.1 Å². The van der Waals surface area contributed by atoms with Gasteiger partial charge in [-0.2, -0.15) is 0 Å². The normalized spacial score (nSPS) is 11.0. The van der Waals surface area contributed by atoms with Crippen LogP contribution in [0.4, 0.5) is 0 Å². The highest BCUT2D eigenvalue weighted by molar-refractivity contribution is 14.1. The van der Waals surface area contributed by atoms with Gasteiger partial charge in [-0.1, -0.05) is 6.07 Å². The van der Waals surface area contributed by atoms with Crippen LogP contribution in [0.5, 0.6) is 0 Å². The molecule has 0 amide bonds. The topological polar surface area (TPSA) is 20.2 Å². The SMILES string of the molecule is Cc1cc2ccc(I)c(CO)c2s1. The molecular formula is C10H9IOS. The first-order valence-electron chi connectivity index (χ1n) is 4.01. The summed E-state index contributed by atoms with van der Waals surface area (Å²) < 4.78 is 2.38. The molecule has 13 heavy (non-hydrogen) atoms. The van der Waals surface area contributed by atoms with Gasteiger partial charge in [0.1, 0.15) is 0 Å². The molecule has 0 aliphatic heterocycles. The van der Waals surface area contributed by atoms with Crippen molar-refractivity contribution in [2.75, 3.05) is 0 Å². The number of aliphatic hydroxyl groups excluding tert-OH is 1. The Morgan fingerprint density at radius 3 is 2.92 bits per heavy atom. The molecule has 0 aliphatic carbocycles. The highest BCUT2D eigenvalue weighted by Crippen LogP contribution is 2.31. The van der Waals surface area contributed by atoms with Crippen molar-refractivity contribution < 1.29 is 5.11 Å². The summed E-state index contributed by atoms with van der Waals surface area (Å²) in [4.78, 5) is 1.30. The first kappa shape index (κ1) is 9.43. The van der Waals surface area contributed by atoms with Crippen LogP contribution in [0.3, 0.4) is 0 Å². The van der Waals surface area contributed by atoms with E-state index in [-0.39, 0.29) is 6.61 Å². The summed E-state index contributed by atoms with van der Waals surface area (Å²) in [5.41, 5.74) is 1.07. The van der Waals surface area contributed by atoms with Gasteiger partial charge in [0.25, 0.3) is 0 Å². The fourth-order valence-corrected chi connectivity index (χ4v) is 3.27. The highest BCUT2D eigenvalue weighted by atomic mass is 127. The quantitative estimate of drug-likeness (QED) is 0.802. The van der Waals surface area contributed by atoms with Crippen molar-refractivity contribution in [2.24, 2.45) is 0 Å². The van der Waals surface area contributed by atoms with E-state index in [2.05, 4.69) is 47.7 Å². The summed E-state index contributed by atoms with van der Waals surface area (Å²) in [5, 5.41) is 10.5. The molecule has 2 rings (SSSR count). The zero-order chi connectivity index (χ0) is 9.42. The van der Waals surface area contributed by atoms with Gasteiger partial charge < -0.3 is 5.11 Å². The van der Waals surface area contributed by atoms with Crippen LogP contribution in [-0.2, 0) is 6.61 Å². The number of aliphatic hydroxyl groups is 1. The lowest BCUT2D eigenvalue weighted by atomic mass is 10.2. The van der Waals surface area contributed by atoms with Crippen LogP contribution in [0.2, 0.25) is 0 Å². The van der Waals surface area contributed by atoms with Gasteiger partial charge in [-0.15, -0.1) is 11.3 Å². The summed E-state index contributed by atoms with van der Waals surface area (Å²) in [6.45, 7) is 2.23. The number of thiophene rings is 1. The van der Waals surface area contributed by atoms with Gasteiger partial charge in [0.05, 0.1) is 6.61 Å². The molecule has 0 radical (unpaired) electrons. The van der Waals surface area contributed by atoms with Gasteiger partial charge in [0.2, 0.25) is 0 Å². The van der Waals surface area contributed by atoms with Crippen LogP contribution in [0, 0.1) is 10.5 Å². The number of hydrogen-bond acceptors (Lipinski definition) is 2. The van der Waals surface area contributed by atoms with E-state index in [0.717, 1.165) is 9.13 Å². The highest BCUT2D eigenvalue weighted by Gasteiger charge is 2.06. The molecule has 0 aliphatic rings. The van der Waals surface area contributed by atoms with Crippen LogP contribution >= 0.6 is 33.9 Å². The van der Waals surface area contributed by atoms with Crippen LogP contribution in [0.1, 0.15) is 10.4 Å². The number of halogens is 1. The van der Waals surface area contributed by atoms with E-state index in [1.165, 1.54) is 15.0 Å². The third-order valence-electron chi connectivity index (χ3n) is 2.01. The van der Waals surface area contributed by atoms with E-state index < -0.39 is 0 Å². The van der Waals surface area contributed by atoms with Crippen molar-refractivity contribution in [1.29, 1.82) is 0 Å². The van der Waals surface area contributed by atoms with Gasteiger partial charge in [-0.05, 0) is 47.0 Å². The molecule has 0 fully saturated rings. The largest absolute Gasteiger partial charge is 0.392 e. The Hall–Kier alpha value is -0.130. The summed E-state index contributed by atoms with van der Waals surface area (Å²) in [5.74, 6) is 0. The van der Waals surface area contributed by atoms with Crippen molar-refractivity contribution in [2.45, 2.75) is 13.5 Å². The average Bonchev–Trinajstić information content (AvgIpc) is 2.45. The minimum Gasteiger partial charge on any atom is -0.392 e. The maximum atomic E-state index is 9.23. The fourth-order valence-electron chi connectivity index (χ4n) is 1.41. The molecule has 1 nitrogen and oxygen atoms in total. The van der Waals surface area contributed by atoms with Crippen molar-refractivity contribution in [1.82, 2.24) is 0 Å². The van der Waals surface area contributed by atoms with Crippen molar-refractivity contribution in [3.05, 3.63) is 32.2 Å². The monoisotopic (exact) mass is 304 g/mol. The zero-order valence-electron chi connectivity index (χ0n) is 7.17. The molecule has 1 N–H and O–H groups in total. The number of aryl methyl sites for hydroxylation is 1. The molecule has 1 aromatic heterocycles. The number of rotatable bonds is 1. The minimum atomic E-state index is 0.134. The van der Waals surface area contributed by atoms with E-state index in [1.807, 2.05) is 0 Å². The number of fused-ring (bicyclic) bond motifs is 1. The molecule has 1 heterocycles. The lowest BCUT2D eigenvalue weighted by Gasteiger charge is -2.01. The second kappa shape index (κ2) is 3.55. The van der Waals surface area contributed by atoms with E-state index >= 15 is 0 Å². The van der Waals surface area contributed by atoms with Crippen LogP contribution in [0.15, 0.2) is 18.2 Å². The summed E-state index contributed by atoms with van der Waals surface area (Å²) in [7, 11) is 0. The Morgan fingerprint density at radius 2 is 2.23 bits per heavy atom. The fraction of sp³-hybridized carbons (Fsp3) is 0.200. The number of benzene rings is 1. The minimum absolute atomic E-state index is 0.134. The molecule has 0 spiro atoms. The second-order valence-corrected chi connectivity index (χ2v) is 5.38. The standard InChI is InChI=1S/C10H9IOS/c1-6-4-7-2-3-9(11)8(5-12)10(7)13-6/h2-4,12H,5H2,1H3. The van der Waals surface area contributed by atoms with E-state index in [9.17, 15) is 5.11 Å². The molecule has 0 saturated heterocycles. The van der Waals surface area contributed by atoms with Crippen molar-refractivity contribution >= 4 is 44.0 Å². The lowest BCUT2D eigenvalue weighted by Crippen LogP contribution is -1.87. The third-order valence-corrected chi connectivity index (χ3v) is 4.15. The van der Waals surface area contributed by atoms with E-state index in [0.29, 0.717) is 0 Å². The Morgan fingerprint density at radius 1 is 1.46 bits per heavy atom. The molecule has 2 aromatic rings. The average molecular weight is 304 g/mol. The summed E-state index contributed by atoms with van der Waals surface area (Å²) >= 11 is 4.02.